The summed E-state index contributed by atoms with van der Waals surface area (Å²) in [6.45, 7) is 0.785. The fraction of sp³-hybridized carbons (Fsp3) is 0.381. The van der Waals surface area contributed by atoms with Crippen molar-refractivity contribution in [3.8, 4) is 11.5 Å². The van der Waals surface area contributed by atoms with E-state index in [-0.39, 0.29) is 18.8 Å². The lowest BCUT2D eigenvalue weighted by Gasteiger charge is -2.32. The molecule has 0 radical (unpaired) electrons. The second-order valence-corrected chi connectivity index (χ2v) is 7.39. The Labute approximate surface area is 167 Å². The van der Waals surface area contributed by atoms with Gasteiger partial charge < -0.3 is 24.4 Å². The molecule has 28 heavy (non-hydrogen) atoms. The molecule has 0 unspecified atom stereocenters. The lowest BCUT2D eigenvalue weighted by Crippen LogP contribution is -2.41. The monoisotopic (exact) mass is 404 g/mol. The summed E-state index contributed by atoms with van der Waals surface area (Å²) in [5.41, 5.74) is 2.49. The summed E-state index contributed by atoms with van der Waals surface area (Å²) in [5.74, 6) is 1.10. The molecular weight excluding hydrogens is 384 g/mol. The van der Waals surface area contributed by atoms with E-state index in [2.05, 4.69) is 0 Å². The third-order valence-electron chi connectivity index (χ3n) is 4.99. The molecule has 6 nitrogen and oxygen atoms in total. The number of hydrogen-bond donors (Lipinski definition) is 2. The molecule has 4 rings (SSSR count). The molecule has 0 aliphatic carbocycles. The van der Waals surface area contributed by atoms with Crippen LogP contribution < -0.4 is 9.47 Å². The summed E-state index contributed by atoms with van der Waals surface area (Å²) < 4.78 is 16.9. The van der Waals surface area contributed by atoms with Crippen LogP contribution >= 0.6 is 11.6 Å². The number of carbonyl (C=O) groups is 1. The maximum absolute atomic E-state index is 12.0. The normalized spacial score (nSPS) is 24.2. The van der Waals surface area contributed by atoms with Crippen LogP contribution in [0.1, 0.15) is 29.2 Å². The number of ketones is 1. The minimum atomic E-state index is -1.26. The Balaban J connectivity index is 1.59. The maximum Gasteiger partial charge on any atom is 0.166 e. The van der Waals surface area contributed by atoms with E-state index in [0.29, 0.717) is 36.0 Å². The summed E-state index contributed by atoms with van der Waals surface area (Å²) in [6.07, 6.45) is -2.14. The summed E-state index contributed by atoms with van der Waals surface area (Å²) in [5, 5.41) is 20.2. The van der Waals surface area contributed by atoms with Gasteiger partial charge in [0.05, 0.1) is 12.7 Å². The summed E-state index contributed by atoms with van der Waals surface area (Å²) in [7, 11) is 0. The number of rotatable bonds is 4. The second-order valence-electron chi connectivity index (χ2n) is 6.98. The van der Waals surface area contributed by atoms with Crippen molar-refractivity contribution in [3.63, 3.8) is 0 Å². The van der Waals surface area contributed by atoms with Gasteiger partial charge in [-0.3, -0.25) is 4.79 Å². The number of ether oxygens (including phenoxy) is 3. The molecule has 2 aliphatic rings. The van der Waals surface area contributed by atoms with Gasteiger partial charge >= 0.3 is 0 Å². The SMILES string of the molecule is O=C1C[C@@H](CO)O[C@@H](c2ccc(Cl)c(Cc3ccc4c(c3)OCCO4)c2)[C@@H]1O. The smallest absolute Gasteiger partial charge is 0.166 e. The molecule has 2 aromatic rings. The Bertz CT molecular complexity index is 883. The van der Waals surface area contributed by atoms with E-state index < -0.39 is 18.3 Å². The minimum absolute atomic E-state index is 0.00576. The van der Waals surface area contributed by atoms with Gasteiger partial charge in [-0.05, 0) is 41.3 Å². The van der Waals surface area contributed by atoms with Gasteiger partial charge in [-0.25, -0.2) is 0 Å². The molecule has 148 valence electrons. The molecule has 1 fully saturated rings. The molecule has 2 aliphatic heterocycles. The highest BCUT2D eigenvalue weighted by Crippen LogP contribution is 2.34. The first-order chi connectivity index (χ1) is 13.5. The second kappa shape index (κ2) is 8.09. The fourth-order valence-electron chi connectivity index (χ4n) is 3.54. The molecule has 1 saturated heterocycles. The summed E-state index contributed by atoms with van der Waals surface area (Å²) in [6, 6.07) is 11.0. The van der Waals surface area contributed by atoms with E-state index in [1.165, 1.54) is 0 Å². The number of halogens is 1. The zero-order chi connectivity index (χ0) is 19.7. The van der Waals surface area contributed by atoms with Crippen molar-refractivity contribution in [2.75, 3.05) is 19.8 Å². The van der Waals surface area contributed by atoms with Gasteiger partial charge in [0.25, 0.3) is 0 Å². The molecule has 2 aromatic carbocycles. The number of fused-ring (bicyclic) bond motifs is 1. The van der Waals surface area contributed by atoms with Crippen molar-refractivity contribution in [3.05, 3.63) is 58.1 Å². The van der Waals surface area contributed by atoms with E-state index in [0.717, 1.165) is 16.9 Å². The third-order valence-corrected chi connectivity index (χ3v) is 5.36. The number of hydrogen-bond acceptors (Lipinski definition) is 6. The van der Waals surface area contributed by atoms with Crippen molar-refractivity contribution in [2.45, 2.75) is 31.2 Å². The minimum Gasteiger partial charge on any atom is -0.486 e. The number of aliphatic hydroxyl groups is 2. The van der Waals surface area contributed by atoms with Crippen molar-refractivity contribution in [1.29, 1.82) is 0 Å². The van der Waals surface area contributed by atoms with Crippen LogP contribution in [-0.4, -0.2) is 48.0 Å². The molecule has 0 saturated carbocycles. The zero-order valence-electron chi connectivity index (χ0n) is 15.1. The zero-order valence-corrected chi connectivity index (χ0v) is 15.9. The van der Waals surface area contributed by atoms with Crippen LogP contribution in [-0.2, 0) is 16.0 Å². The van der Waals surface area contributed by atoms with E-state index in [9.17, 15) is 15.0 Å². The number of aliphatic hydroxyl groups excluding tert-OH is 2. The van der Waals surface area contributed by atoms with Crippen molar-refractivity contribution in [2.24, 2.45) is 0 Å². The molecule has 2 N–H and O–H groups in total. The van der Waals surface area contributed by atoms with Gasteiger partial charge in [-0.15, -0.1) is 0 Å². The molecule has 7 heteroatoms. The van der Waals surface area contributed by atoms with Gasteiger partial charge in [0.2, 0.25) is 0 Å². The predicted molar refractivity (Wildman–Crippen MR) is 102 cm³/mol. The lowest BCUT2D eigenvalue weighted by molar-refractivity contribution is -0.163. The van der Waals surface area contributed by atoms with E-state index in [1.807, 2.05) is 24.3 Å². The highest BCUT2D eigenvalue weighted by Gasteiger charge is 2.37. The van der Waals surface area contributed by atoms with E-state index in [4.69, 9.17) is 25.8 Å². The number of Topliss-reactive ketones (excluding diaryl/α,β-unsaturated/α-hetero) is 1. The van der Waals surface area contributed by atoms with Crippen molar-refractivity contribution in [1.82, 2.24) is 0 Å². The van der Waals surface area contributed by atoms with Crippen LogP contribution in [0.3, 0.4) is 0 Å². The molecule has 0 aromatic heterocycles. The number of benzene rings is 2. The first kappa shape index (κ1) is 19.2. The topological polar surface area (TPSA) is 85.2 Å². The largest absolute Gasteiger partial charge is 0.486 e. The Morgan fingerprint density at radius 1 is 1.07 bits per heavy atom. The van der Waals surface area contributed by atoms with Crippen LogP contribution in [0.15, 0.2) is 36.4 Å². The van der Waals surface area contributed by atoms with Gasteiger partial charge in [0.15, 0.2) is 17.3 Å². The quantitative estimate of drug-likeness (QED) is 0.814. The first-order valence-corrected chi connectivity index (χ1v) is 9.57. The van der Waals surface area contributed by atoms with Crippen LogP contribution in [0.4, 0.5) is 0 Å². The highest BCUT2D eigenvalue weighted by atomic mass is 35.5. The van der Waals surface area contributed by atoms with Gasteiger partial charge in [0, 0.05) is 11.4 Å². The Kier molecular flexibility index (Phi) is 5.55. The van der Waals surface area contributed by atoms with Gasteiger partial charge in [-0.1, -0.05) is 29.8 Å². The van der Waals surface area contributed by atoms with Crippen LogP contribution in [0.2, 0.25) is 5.02 Å². The Morgan fingerprint density at radius 3 is 2.64 bits per heavy atom. The molecule has 2 heterocycles. The van der Waals surface area contributed by atoms with E-state index in [1.54, 1.807) is 12.1 Å². The lowest BCUT2D eigenvalue weighted by atomic mass is 9.92. The van der Waals surface area contributed by atoms with Crippen molar-refractivity contribution < 1.29 is 29.2 Å². The summed E-state index contributed by atoms with van der Waals surface area (Å²) in [4.78, 5) is 12.0. The average Bonchev–Trinajstić information content (AvgIpc) is 2.71. The molecule has 3 atom stereocenters. The molecular formula is C21H21ClO6. The van der Waals surface area contributed by atoms with Crippen LogP contribution in [0, 0.1) is 0 Å². The molecule has 0 bridgehead atoms. The predicted octanol–water partition coefficient (Wildman–Crippen LogP) is 2.45. The van der Waals surface area contributed by atoms with Gasteiger partial charge in [-0.2, -0.15) is 0 Å². The third kappa shape index (κ3) is 3.86. The average molecular weight is 405 g/mol. The van der Waals surface area contributed by atoms with Gasteiger partial charge in [0.1, 0.15) is 25.4 Å². The Hall–Kier alpha value is -2.12. The van der Waals surface area contributed by atoms with Crippen LogP contribution in [0.25, 0.3) is 0 Å². The Morgan fingerprint density at radius 2 is 1.86 bits per heavy atom. The first-order valence-electron chi connectivity index (χ1n) is 9.19. The molecule has 0 amide bonds. The van der Waals surface area contributed by atoms with Crippen LogP contribution in [0.5, 0.6) is 11.5 Å². The summed E-state index contributed by atoms with van der Waals surface area (Å²) >= 11 is 6.38. The van der Waals surface area contributed by atoms with E-state index >= 15 is 0 Å². The highest BCUT2D eigenvalue weighted by molar-refractivity contribution is 6.31. The standard InChI is InChI=1S/C21H21ClO6/c22-16-3-2-13(21-20(25)17(24)10-15(11-23)28-21)9-14(16)7-12-1-4-18-19(8-12)27-6-5-26-18/h1-4,8-9,15,20-21,23,25H,5-7,10-11H2/t15-,20+,21-/m0/s1. The maximum atomic E-state index is 12.0. The van der Waals surface area contributed by atoms with Crippen molar-refractivity contribution >= 4 is 17.4 Å². The fourth-order valence-corrected chi connectivity index (χ4v) is 3.72. The number of carbonyl (C=O) groups excluding carboxylic acids is 1. The molecule has 0 spiro atoms.